The van der Waals surface area contributed by atoms with E-state index in [9.17, 15) is 9.90 Å². The number of quaternary nitrogens is 1. The van der Waals surface area contributed by atoms with Crippen LogP contribution in [0, 0.1) is 26.7 Å². The van der Waals surface area contributed by atoms with Gasteiger partial charge in [0.05, 0.1) is 13.1 Å². The number of hydrogen-bond acceptors (Lipinski definition) is 3. The number of aromatic nitrogens is 1. The highest BCUT2D eigenvalue weighted by atomic mass is 35.5. The second-order valence-corrected chi connectivity index (χ2v) is 8.75. The van der Waals surface area contributed by atoms with Crippen molar-refractivity contribution in [2.45, 2.75) is 45.8 Å². The smallest absolute Gasteiger partial charge is 0.250 e. The summed E-state index contributed by atoms with van der Waals surface area (Å²) in [5.74, 6) is 1.81. The van der Waals surface area contributed by atoms with Crippen molar-refractivity contribution in [3.05, 3.63) is 63.1 Å². The van der Waals surface area contributed by atoms with Crippen LogP contribution in [-0.4, -0.2) is 42.0 Å². The molecule has 6 heteroatoms. The van der Waals surface area contributed by atoms with Crippen LogP contribution in [-0.2, 0) is 6.54 Å². The van der Waals surface area contributed by atoms with Crippen molar-refractivity contribution in [2.75, 3.05) is 26.2 Å². The van der Waals surface area contributed by atoms with Crippen LogP contribution >= 0.6 is 0 Å². The number of nitrogens with zero attached hydrogens (tertiary/aromatic N) is 1. The molecule has 0 spiro atoms. The van der Waals surface area contributed by atoms with Crippen molar-refractivity contribution in [1.29, 1.82) is 0 Å². The van der Waals surface area contributed by atoms with E-state index in [1.165, 1.54) is 10.5 Å². The molecule has 0 aliphatic carbocycles. The molecule has 4 atom stereocenters. The summed E-state index contributed by atoms with van der Waals surface area (Å²) in [6, 6.07) is 9.85. The number of rotatable bonds is 5. The maximum atomic E-state index is 12.1. The van der Waals surface area contributed by atoms with E-state index in [4.69, 9.17) is 4.74 Å². The van der Waals surface area contributed by atoms with Gasteiger partial charge in [0.1, 0.15) is 25.0 Å². The van der Waals surface area contributed by atoms with Crippen LogP contribution in [0.2, 0.25) is 0 Å². The average molecular weight is 419 g/mol. The predicted molar refractivity (Wildman–Crippen MR) is 109 cm³/mol. The summed E-state index contributed by atoms with van der Waals surface area (Å²) in [6.07, 6.45) is 0.660. The number of aliphatic hydroxyl groups excluding tert-OH is 1. The van der Waals surface area contributed by atoms with Gasteiger partial charge in [-0.15, -0.1) is 0 Å². The molecule has 2 aliphatic heterocycles. The Labute approximate surface area is 178 Å². The van der Waals surface area contributed by atoms with Gasteiger partial charge in [-0.2, -0.15) is 0 Å². The molecule has 1 aromatic heterocycles. The zero-order valence-electron chi connectivity index (χ0n) is 17.5. The Balaban J connectivity index is 0.00000240. The molecule has 1 fully saturated rings. The number of fused-ring (bicyclic) bond motifs is 4. The number of ether oxygens (including phenoxy) is 1. The minimum atomic E-state index is -0.494. The minimum absolute atomic E-state index is 0. The van der Waals surface area contributed by atoms with Crippen molar-refractivity contribution in [3.8, 4) is 5.75 Å². The van der Waals surface area contributed by atoms with Crippen LogP contribution < -0.4 is 27.6 Å². The number of aryl methyl sites for hydroxylation is 3. The normalized spacial score (nSPS) is 23.7. The molecule has 2 aromatic rings. The zero-order chi connectivity index (χ0) is 19.8. The molecule has 1 saturated heterocycles. The van der Waals surface area contributed by atoms with Gasteiger partial charge < -0.3 is 31.7 Å². The summed E-state index contributed by atoms with van der Waals surface area (Å²) in [7, 11) is 0. The van der Waals surface area contributed by atoms with Gasteiger partial charge in [0, 0.05) is 30.1 Å². The monoisotopic (exact) mass is 418 g/mol. The number of pyridine rings is 1. The van der Waals surface area contributed by atoms with Crippen LogP contribution in [0.1, 0.15) is 34.7 Å². The van der Waals surface area contributed by atoms with Crippen LogP contribution in [0.5, 0.6) is 5.75 Å². The Morgan fingerprint density at radius 1 is 1.21 bits per heavy atom. The lowest BCUT2D eigenvalue weighted by atomic mass is 9.83. The standard InChI is InChI=1S/C23H30N2O3.ClH/c1-15-7-16(2)23(17(3)8-15)28-14-20(26)13-24-10-18-9-19(12-24)21-5-4-6-22(27)25(21)11-18;/h4-8,18-20,26H,9-14H2,1-3H3;1H/t18-,19+,20?;/m0./s1. The molecule has 2 aliphatic rings. The number of likely N-dealkylation sites (tertiary alicyclic amines) is 1. The van der Waals surface area contributed by atoms with E-state index in [1.54, 1.807) is 6.07 Å². The van der Waals surface area contributed by atoms with Crippen molar-refractivity contribution >= 4 is 0 Å². The Bertz CT molecular complexity index is 904. The predicted octanol–water partition coefficient (Wildman–Crippen LogP) is -1.78. The molecular weight excluding hydrogens is 388 g/mol. The Morgan fingerprint density at radius 2 is 1.93 bits per heavy atom. The first-order chi connectivity index (χ1) is 13.4. The van der Waals surface area contributed by atoms with Gasteiger partial charge in [-0.25, -0.2) is 0 Å². The molecule has 158 valence electrons. The molecule has 4 rings (SSSR count). The second-order valence-electron chi connectivity index (χ2n) is 8.75. The van der Waals surface area contributed by atoms with Gasteiger partial charge in [0.15, 0.2) is 0 Å². The van der Waals surface area contributed by atoms with Crippen LogP contribution in [0.3, 0.4) is 0 Å². The molecule has 3 heterocycles. The molecule has 0 saturated carbocycles. The third-order valence-electron chi connectivity index (χ3n) is 6.22. The summed E-state index contributed by atoms with van der Waals surface area (Å²) < 4.78 is 7.94. The first-order valence-corrected chi connectivity index (χ1v) is 10.3. The lowest BCUT2D eigenvalue weighted by Gasteiger charge is -2.40. The van der Waals surface area contributed by atoms with E-state index in [2.05, 4.69) is 39.0 Å². The molecular formula is C23H31ClN2O3. The van der Waals surface area contributed by atoms with Gasteiger partial charge in [0.25, 0.3) is 5.56 Å². The first kappa shape index (κ1) is 21.9. The summed E-state index contributed by atoms with van der Waals surface area (Å²) in [4.78, 5) is 13.6. The second kappa shape index (κ2) is 8.90. The Kier molecular flexibility index (Phi) is 6.72. The molecule has 2 N–H and O–H groups in total. The van der Waals surface area contributed by atoms with Crippen LogP contribution in [0.15, 0.2) is 35.1 Å². The van der Waals surface area contributed by atoms with Gasteiger partial charge in [0.2, 0.25) is 0 Å². The molecule has 1 aromatic carbocycles. The highest BCUT2D eigenvalue weighted by Crippen LogP contribution is 2.30. The first-order valence-electron chi connectivity index (χ1n) is 10.3. The average Bonchev–Trinajstić information content (AvgIpc) is 2.61. The molecule has 2 unspecified atom stereocenters. The van der Waals surface area contributed by atoms with Crippen LogP contribution in [0.4, 0.5) is 0 Å². The van der Waals surface area contributed by atoms with Gasteiger partial charge in [-0.1, -0.05) is 23.8 Å². The molecule has 0 radical (unpaired) electrons. The van der Waals surface area contributed by atoms with E-state index in [0.29, 0.717) is 25.0 Å². The highest BCUT2D eigenvalue weighted by Gasteiger charge is 2.37. The van der Waals surface area contributed by atoms with Crippen molar-refractivity contribution in [3.63, 3.8) is 0 Å². The maximum absolute atomic E-state index is 12.1. The number of hydrogen-bond donors (Lipinski definition) is 2. The van der Waals surface area contributed by atoms with E-state index in [-0.39, 0.29) is 18.0 Å². The number of benzene rings is 1. The van der Waals surface area contributed by atoms with Gasteiger partial charge >= 0.3 is 0 Å². The topological polar surface area (TPSA) is 55.9 Å². The minimum Gasteiger partial charge on any atom is -1.00 e. The van der Waals surface area contributed by atoms with Gasteiger partial charge in [-0.3, -0.25) is 4.79 Å². The fourth-order valence-corrected chi connectivity index (χ4v) is 5.25. The molecule has 2 bridgehead atoms. The number of halogens is 1. The van der Waals surface area contributed by atoms with E-state index >= 15 is 0 Å². The fourth-order valence-electron chi connectivity index (χ4n) is 5.25. The number of piperidine rings is 1. The third-order valence-corrected chi connectivity index (χ3v) is 6.22. The van der Waals surface area contributed by atoms with Crippen molar-refractivity contribution in [1.82, 2.24) is 4.57 Å². The molecule has 0 amide bonds. The molecule has 29 heavy (non-hydrogen) atoms. The third kappa shape index (κ3) is 4.68. The summed E-state index contributed by atoms with van der Waals surface area (Å²) in [5.41, 5.74) is 4.75. The Hall–Kier alpha value is -1.82. The fraction of sp³-hybridized carbons (Fsp3) is 0.522. The molecule has 5 nitrogen and oxygen atoms in total. The van der Waals surface area contributed by atoms with E-state index in [0.717, 1.165) is 48.6 Å². The van der Waals surface area contributed by atoms with Crippen molar-refractivity contribution in [2.24, 2.45) is 5.92 Å². The summed E-state index contributed by atoms with van der Waals surface area (Å²) in [6.45, 7) is 9.99. The zero-order valence-corrected chi connectivity index (χ0v) is 18.2. The lowest BCUT2D eigenvalue weighted by Crippen LogP contribution is -3.15. The van der Waals surface area contributed by atoms with E-state index in [1.807, 2.05) is 10.6 Å². The summed E-state index contributed by atoms with van der Waals surface area (Å²) in [5, 5.41) is 10.6. The Morgan fingerprint density at radius 3 is 2.66 bits per heavy atom. The van der Waals surface area contributed by atoms with Crippen LogP contribution in [0.25, 0.3) is 0 Å². The SMILES string of the molecule is Cc1cc(C)c(OCC(O)C[NH+]2C[C@@H]3C[C@H](C2)c2cccc(=O)n2C3)c(C)c1.[Cl-]. The quantitative estimate of drug-likeness (QED) is 0.603. The van der Waals surface area contributed by atoms with E-state index < -0.39 is 6.10 Å². The van der Waals surface area contributed by atoms with Gasteiger partial charge in [-0.05, 0) is 44.4 Å². The lowest BCUT2D eigenvalue weighted by molar-refractivity contribution is -0.914. The number of aliphatic hydroxyl groups is 1. The maximum Gasteiger partial charge on any atom is 0.250 e. The number of nitrogens with one attached hydrogen (secondary N) is 1. The largest absolute Gasteiger partial charge is 1.00 e. The van der Waals surface area contributed by atoms with Crippen molar-refractivity contribution < 1.29 is 27.2 Å². The highest BCUT2D eigenvalue weighted by molar-refractivity contribution is 5.42. The summed E-state index contributed by atoms with van der Waals surface area (Å²) >= 11 is 0.